The van der Waals surface area contributed by atoms with Gasteiger partial charge in [0.2, 0.25) is 0 Å². The molecule has 0 unspecified atom stereocenters. The quantitative estimate of drug-likeness (QED) is 0.726. The van der Waals surface area contributed by atoms with E-state index in [9.17, 15) is 0 Å². The molecule has 14 heavy (non-hydrogen) atoms. The van der Waals surface area contributed by atoms with Crippen LogP contribution in [-0.2, 0) is 0 Å². The fourth-order valence-corrected chi connectivity index (χ4v) is 0.915. The predicted octanol–water partition coefficient (Wildman–Crippen LogP) is 1.04. The van der Waals surface area contributed by atoms with Gasteiger partial charge in [0.25, 0.3) is 0 Å². The monoisotopic (exact) mass is 191 g/mol. The molecule has 0 saturated carbocycles. The number of nitrogens with two attached hydrogens (primary N) is 1. The third-order valence-electron chi connectivity index (χ3n) is 1.60. The molecule has 0 saturated heterocycles. The first-order valence-electron chi connectivity index (χ1n) is 4.29. The van der Waals surface area contributed by atoms with E-state index < -0.39 is 0 Å². The van der Waals surface area contributed by atoms with Crippen molar-refractivity contribution in [2.75, 3.05) is 20.3 Å². The summed E-state index contributed by atoms with van der Waals surface area (Å²) < 4.78 is 10.3. The molecular weight excluding hydrogens is 178 g/mol. The Labute approximate surface area is 83.8 Å². The van der Waals surface area contributed by atoms with Gasteiger partial charge in [-0.15, -0.1) is 0 Å². The molecule has 1 rings (SSSR count). The molecule has 0 spiro atoms. The molecule has 0 heterocycles. The molecule has 1 aromatic carbocycles. The zero-order valence-electron chi connectivity index (χ0n) is 8.12. The van der Waals surface area contributed by atoms with Gasteiger partial charge < -0.3 is 15.2 Å². The Morgan fingerprint density at radius 2 is 1.79 bits per heavy atom. The zero-order chi connectivity index (χ0) is 10.2. The first kappa shape index (κ1) is 10.4. The highest BCUT2D eigenvalue weighted by Crippen LogP contribution is 2.16. The van der Waals surface area contributed by atoms with E-state index >= 15 is 0 Å². The molecule has 3 heteroatoms. The summed E-state index contributed by atoms with van der Waals surface area (Å²) in [5, 5.41) is 0. The molecule has 0 fully saturated rings. The van der Waals surface area contributed by atoms with E-state index in [-0.39, 0.29) is 0 Å². The van der Waals surface area contributed by atoms with Crippen LogP contribution >= 0.6 is 0 Å². The normalized spacial score (nSPS) is 8.71. The standard InChI is InChI=1S/C11H13NO2/c1-13-10-4-6-11(7-5-10)14-9-3-2-8-12/h4-7H,8-9,12H2,1H3. The van der Waals surface area contributed by atoms with Crippen molar-refractivity contribution in [1.82, 2.24) is 0 Å². The second-order valence-electron chi connectivity index (χ2n) is 2.52. The number of rotatable bonds is 3. The van der Waals surface area contributed by atoms with Gasteiger partial charge >= 0.3 is 0 Å². The molecule has 74 valence electrons. The summed E-state index contributed by atoms with van der Waals surface area (Å²) in [5.74, 6) is 7.09. The van der Waals surface area contributed by atoms with Gasteiger partial charge in [-0.25, -0.2) is 0 Å². The molecule has 0 radical (unpaired) electrons. The van der Waals surface area contributed by atoms with Crippen LogP contribution in [0.2, 0.25) is 0 Å². The van der Waals surface area contributed by atoms with Crippen molar-refractivity contribution in [3.05, 3.63) is 24.3 Å². The van der Waals surface area contributed by atoms with Gasteiger partial charge in [-0.05, 0) is 24.3 Å². The molecule has 0 atom stereocenters. The fraction of sp³-hybridized carbons (Fsp3) is 0.273. The second kappa shape index (κ2) is 5.90. The van der Waals surface area contributed by atoms with Crippen LogP contribution in [0.3, 0.4) is 0 Å². The Kier molecular flexibility index (Phi) is 4.39. The molecule has 1 aromatic rings. The first-order valence-corrected chi connectivity index (χ1v) is 4.29. The highest BCUT2D eigenvalue weighted by Gasteiger charge is 1.92. The van der Waals surface area contributed by atoms with E-state index in [1.807, 2.05) is 24.3 Å². The largest absolute Gasteiger partial charge is 0.497 e. The number of ether oxygens (including phenoxy) is 2. The average molecular weight is 191 g/mol. The van der Waals surface area contributed by atoms with E-state index in [2.05, 4.69) is 11.8 Å². The lowest BCUT2D eigenvalue weighted by Crippen LogP contribution is -1.97. The third-order valence-corrected chi connectivity index (χ3v) is 1.60. The van der Waals surface area contributed by atoms with Gasteiger partial charge in [-0.1, -0.05) is 11.8 Å². The van der Waals surface area contributed by atoms with Gasteiger partial charge in [-0.3, -0.25) is 0 Å². The lowest BCUT2D eigenvalue weighted by atomic mass is 10.3. The van der Waals surface area contributed by atoms with Crippen LogP contribution in [0.1, 0.15) is 0 Å². The Balaban J connectivity index is 2.43. The fourth-order valence-electron chi connectivity index (χ4n) is 0.915. The summed E-state index contributed by atoms with van der Waals surface area (Å²) in [4.78, 5) is 0. The Morgan fingerprint density at radius 1 is 1.14 bits per heavy atom. The maximum absolute atomic E-state index is 5.32. The van der Waals surface area contributed by atoms with Gasteiger partial charge in [-0.2, -0.15) is 0 Å². The summed E-state index contributed by atoms with van der Waals surface area (Å²) in [5.41, 5.74) is 5.20. The highest BCUT2D eigenvalue weighted by atomic mass is 16.5. The summed E-state index contributed by atoms with van der Waals surface area (Å²) in [6.45, 7) is 0.732. The first-order chi connectivity index (χ1) is 6.86. The maximum atomic E-state index is 5.32. The minimum atomic E-state index is 0.365. The molecule has 0 amide bonds. The van der Waals surface area contributed by atoms with Crippen molar-refractivity contribution in [1.29, 1.82) is 0 Å². The number of methoxy groups -OCH3 is 1. The molecule has 0 bridgehead atoms. The molecular formula is C11H13NO2. The lowest BCUT2D eigenvalue weighted by molar-refractivity contribution is 0.367. The van der Waals surface area contributed by atoms with Crippen molar-refractivity contribution in [3.8, 4) is 23.3 Å². The maximum Gasteiger partial charge on any atom is 0.149 e. The van der Waals surface area contributed by atoms with E-state index in [0.29, 0.717) is 13.2 Å². The average Bonchev–Trinajstić information content (AvgIpc) is 2.25. The number of hydrogen-bond acceptors (Lipinski definition) is 3. The van der Waals surface area contributed by atoms with Gasteiger partial charge in [0.05, 0.1) is 13.7 Å². The SMILES string of the molecule is COc1ccc(OCC#CCN)cc1. The smallest absolute Gasteiger partial charge is 0.149 e. The summed E-state index contributed by atoms with van der Waals surface area (Å²) in [6, 6.07) is 7.35. The van der Waals surface area contributed by atoms with Crippen molar-refractivity contribution >= 4 is 0 Å². The van der Waals surface area contributed by atoms with Gasteiger partial charge in [0.1, 0.15) is 18.1 Å². The summed E-state index contributed by atoms with van der Waals surface area (Å²) >= 11 is 0. The molecule has 0 aliphatic carbocycles. The summed E-state index contributed by atoms with van der Waals surface area (Å²) in [6.07, 6.45) is 0. The van der Waals surface area contributed by atoms with E-state index in [0.717, 1.165) is 11.5 Å². The number of benzene rings is 1. The summed E-state index contributed by atoms with van der Waals surface area (Å²) in [7, 11) is 1.63. The van der Waals surface area contributed by atoms with E-state index in [1.54, 1.807) is 7.11 Å². The van der Waals surface area contributed by atoms with E-state index in [1.165, 1.54) is 0 Å². The van der Waals surface area contributed by atoms with Crippen LogP contribution in [0.25, 0.3) is 0 Å². The van der Waals surface area contributed by atoms with E-state index in [4.69, 9.17) is 15.2 Å². The van der Waals surface area contributed by atoms with Crippen molar-refractivity contribution in [3.63, 3.8) is 0 Å². The van der Waals surface area contributed by atoms with Crippen molar-refractivity contribution in [2.45, 2.75) is 0 Å². The molecule has 2 N–H and O–H groups in total. The Bertz CT molecular complexity index is 321. The highest BCUT2D eigenvalue weighted by molar-refractivity contribution is 5.31. The second-order valence-corrected chi connectivity index (χ2v) is 2.52. The molecule has 0 aliphatic heterocycles. The minimum Gasteiger partial charge on any atom is -0.497 e. The predicted molar refractivity (Wildman–Crippen MR) is 55.3 cm³/mol. The number of hydrogen-bond donors (Lipinski definition) is 1. The zero-order valence-corrected chi connectivity index (χ0v) is 8.12. The van der Waals surface area contributed by atoms with Crippen LogP contribution < -0.4 is 15.2 Å². The Hall–Kier alpha value is -1.66. The third kappa shape index (κ3) is 3.38. The van der Waals surface area contributed by atoms with Crippen LogP contribution in [0.4, 0.5) is 0 Å². The minimum absolute atomic E-state index is 0.365. The van der Waals surface area contributed by atoms with Gasteiger partial charge in [0, 0.05) is 0 Å². The van der Waals surface area contributed by atoms with Gasteiger partial charge in [0.15, 0.2) is 0 Å². The molecule has 3 nitrogen and oxygen atoms in total. The van der Waals surface area contributed by atoms with Crippen LogP contribution in [0.5, 0.6) is 11.5 Å². The molecule has 0 aromatic heterocycles. The lowest BCUT2D eigenvalue weighted by Gasteiger charge is -2.02. The Morgan fingerprint density at radius 3 is 2.36 bits per heavy atom. The topological polar surface area (TPSA) is 44.5 Å². The van der Waals surface area contributed by atoms with Crippen molar-refractivity contribution < 1.29 is 9.47 Å². The van der Waals surface area contributed by atoms with Crippen molar-refractivity contribution in [2.24, 2.45) is 5.73 Å². The molecule has 0 aliphatic rings. The van der Waals surface area contributed by atoms with Crippen LogP contribution in [0, 0.1) is 11.8 Å². The van der Waals surface area contributed by atoms with Crippen LogP contribution in [-0.4, -0.2) is 20.3 Å². The van der Waals surface area contributed by atoms with Crippen LogP contribution in [0.15, 0.2) is 24.3 Å².